The Kier molecular flexibility index (Phi) is 5.57. The first-order valence-electron chi connectivity index (χ1n) is 6.98. The minimum absolute atomic E-state index is 0.132. The fourth-order valence-electron chi connectivity index (χ4n) is 1.93. The molecule has 0 aromatic heterocycles. The number of carbonyl (C=O) groups excluding carboxylic acids is 2. The Labute approximate surface area is 134 Å². The van der Waals surface area contributed by atoms with Crippen LogP contribution >= 0.6 is 0 Å². The Morgan fingerprint density at radius 1 is 0.957 bits per heavy atom. The average Bonchev–Trinajstić information content (AvgIpc) is 2.59. The van der Waals surface area contributed by atoms with Gasteiger partial charge in [-0.25, -0.2) is 0 Å². The molecule has 0 unspecified atom stereocenters. The predicted octanol–water partition coefficient (Wildman–Crippen LogP) is 2.07. The van der Waals surface area contributed by atoms with Crippen LogP contribution in [0.15, 0.2) is 48.5 Å². The third-order valence-electron chi connectivity index (χ3n) is 3.09. The summed E-state index contributed by atoms with van der Waals surface area (Å²) in [5.41, 5.74) is 1.03. The molecule has 6 nitrogen and oxygen atoms in total. The topological polar surface area (TPSA) is 76.7 Å². The molecule has 120 valence electrons. The van der Waals surface area contributed by atoms with Crippen LogP contribution in [-0.2, 0) is 4.79 Å². The van der Waals surface area contributed by atoms with Crippen LogP contribution in [0.25, 0.3) is 0 Å². The van der Waals surface area contributed by atoms with Gasteiger partial charge in [-0.15, -0.1) is 0 Å². The standard InChI is InChI=1S/C17H18N2O4/c1-22-14-7-3-5-12(9-14)17(21)18-11-16(20)19-13-6-4-8-15(10-13)23-2/h3-10H,11H2,1-2H3,(H,18,21)(H,19,20). The zero-order chi connectivity index (χ0) is 16.7. The molecular formula is C17H18N2O4. The first-order valence-corrected chi connectivity index (χ1v) is 6.98. The zero-order valence-electron chi connectivity index (χ0n) is 13.0. The van der Waals surface area contributed by atoms with E-state index < -0.39 is 0 Å². The Balaban J connectivity index is 1.89. The summed E-state index contributed by atoms with van der Waals surface area (Å²) in [5.74, 6) is 0.556. The van der Waals surface area contributed by atoms with E-state index in [0.29, 0.717) is 22.7 Å². The lowest BCUT2D eigenvalue weighted by molar-refractivity contribution is -0.115. The highest BCUT2D eigenvalue weighted by molar-refractivity contribution is 5.99. The van der Waals surface area contributed by atoms with E-state index in [4.69, 9.17) is 9.47 Å². The van der Waals surface area contributed by atoms with E-state index in [2.05, 4.69) is 10.6 Å². The molecule has 0 bridgehead atoms. The van der Waals surface area contributed by atoms with Crippen LogP contribution in [0.3, 0.4) is 0 Å². The molecule has 0 aliphatic heterocycles. The van der Waals surface area contributed by atoms with Gasteiger partial charge < -0.3 is 20.1 Å². The molecule has 6 heteroatoms. The fraction of sp³-hybridized carbons (Fsp3) is 0.176. The van der Waals surface area contributed by atoms with Crippen molar-refractivity contribution in [3.8, 4) is 11.5 Å². The molecule has 0 aliphatic carbocycles. The lowest BCUT2D eigenvalue weighted by Gasteiger charge is -2.08. The lowest BCUT2D eigenvalue weighted by Crippen LogP contribution is -2.32. The van der Waals surface area contributed by atoms with Crippen LogP contribution in [0.4, 0.5) is 5.69 Å². The smallest absolute Gasteiger partial charge is 0.251 e. The number of anilines is 1. The number of ether oxygens (including phenoxy) is 2. The summed E-state index contributed by atoms with van der Waals surface area (Å²) in [6, 6.07) is 13.7. The second kappa shape index (κ2) is 7.84. The molecule has 0 atom stereocenters. The SMILES string of the molecule is COc1cccc(NC(=O)CNC(=O)c2cccc(OC)c2)c1. The van der Waals surface area contributed by atoms with Crippen molar-refractivity contribution in [1.82, 2.24) is 5.32 Å². The van der Waals surface area contributed by atoms with Gasteiger partial charge in [-0.3, -0.25) is 9.59 Å². The summed E-state index contributed by atoms with van der Waals surface area (Å²) in [5, 5.41) is 5.25. The van der Waals surface area contributed by atoms with E-state index in [1.807, 2.05) is 0 Å². The highest BCUT2D eigenvalue weighted by atomic mass is 16.5. The number of amides is 2. The molecule has 0 radical (unpaired) electrons. The van der Waals surface area contributed by atoms with Crippen LogP contribution in [-0.4, -0.2) is 32.6 Å². The Hall–Kier alpha value is -3.02. The highest BCUT2D eigenvalue weighted by Gasteiger charge is 2.09. The van der Waals surface area contributed by atoms with Crippen LogP contribution in [0.1, 0.15) is 10.4 Å². The number of nitrogens with one attached hydrogen (secondary N) is 2. The molecule has 2 aromatic carbocycles. The van der Waals surface area contributed by atoms with Gasteiger partial charge in [0.25, 0.3) is 5.91 Å². The second-order valence-electron chi connectivity index (χ2n) is 4.69. The molecule has 23 heavy (non-hydrogen) atoms. The maximum atomic E-state index is 12.0. The quantitative estimate of drug-likeness (QED) is 0.856. The summed E-state index contributed by atoms with van der Waals surface area (Å²) in [6.45, 7) is -0.132. The van der Waals surface area contributed by atoms with Gasteiger partial charge in [0.15, 0.2) is 0 Å². The number of carbonyl (C=O) groups is 2. The molecule has 0 saturated heterocycles. The van der Waals surface area contributed by atoms with Crippen molar-refractivity contribution in [2.45, 2.75) is 0 Å². The number of methoxy groups -OCH3 is 2. The zero-order valence-corrected chi connectivity index (χ0v) is 13.0. The molecule has 2 amide bonds. The van der Waals surface area contributed by atoms with Gasteiger partial charge in [0.1, 0.15) is 11.5 Å². The van der Waals surface area contributed by atoms with Crippen LogP contribution in [0.2, 0.25) is 0 Å². The molecule has 0 saturated carbocycles. The minimum Gasteiger partial charge on any atom is -0.497 e. The summed E-state index contributed by atoms with van der Waals surface area (Å²) in [6.07, 6.45) is 0. The number of hydrogen-bond donors (Lipinski definition) is 2. The number of rotatable bonds is 6. The molecular weight excluding hydrogens is 296 g/mol. The summed E-state index contributed by atoms with van der Waals surface area (Å²) >= 11 is 0. The third kappa shape index (κ3) is 4.74. The second-order valence-corrected chi connectivity index (χ2v) is 4.69. The monoisotopic (exact) mass is 314 g/mol. The molecule has 0 aliphatic rings. The molecule has 0 spiro atoms. The fourth-order valence-corrected chi connectivity index (χ4v) is 1.93. The Bertz CT molecular complexity index is 700. The summed E-state index contributed by atoms with van der Waals surface area (Å²) < 4.78 is 10.1. The largest absolute Gasteiger partial charge is 0.497 e. The van der Waals surface area contributed by atoms with E-state index in [1.165, 1.54) is 7.11 Å². The lowest BCUT2D eigenvalue weighted by atomic mass is 10.2. The van der Waals surface area contributed by atoms with Crippen LogP contribution in [0.5, 0.6) is 11.5 Å². The van der Waals surface area contributed by atoms with Gasteiger partial charge in [-0.05, 0) is 30.3 Å². The van der Waals surface area contributed by atoms with Gasteiger partial charge in [-0.2, -0.15) is 0 Å². The molecule has 0 fully saturated rings. The van der Waals surface area contributed by atoms with Gasteiger partial charge in [0, 0.05) is 17.3 Å². The predicted molar refractivity (Wildman–Crippen MR) is 87.0 cm³/mol. The third-order valence-corrected chi connectivity index (χ3v) is 3.09. The van der Waals surface area contributed by atoms with Crippen molar-refractivity contribution in [1.29, 1.82) is 0 Å². The van der Waals surface area contributed by atoms with Crippen LogP contribution < -0.4 is 20.1 Å². The van der Waals surface area contributed by atoms with Crippen molar-refractivity contribution in [3.05, 3.63) is 54.1 Å². The van der Waals surface area contributed by atoms with E-state index >= 15 is 0 Å². The highest BCUT2D eigenvalue weighted by Crippen LogP contribution is 2.16. The van der Waals surface area contributed by atoms with Gasteiger partial charge in [0.2, 0.25) is 5.91 Å². The first kappa shape index (κ1) is 16.4. The minimum atomic E-state index is -0.343. The molecule has 2 aromatic rings. The Morgan fingerprint density at radius 3 is 2.30 bits per heavy atom. The molecule has 2 N–H and O–H groups in total. The Morgan fingerprint density at radius 2 is 1.61 bits per heavy atom. The van der Waals surface area contributed by atoms with E-state index in [0.717, 1.165) is 0 Å². The van der Waals surface area contributed by atoms with E-state index in [-0.39, 0.29) is 18.4 Å². The van der Waals surface area contributed by atoms with Crippen molar-refractivity contribution < 1.29 is 19.1 Å². The van der Waals surface area contributed by atoms with Crippen molar-refractivity contribution in [3.63, 3.8) is 0 Å². The maximum absolute atomic E-state index is 12.0. The average molecular weight is 314 g/mol. The first-order chi connectivity index (χ1) is 11.1. The van der Waals surface area contributed by atoms with Crippen molar-refractivity contribution in [2.24, 2.45) is 0 Å². The van der Waals surface area contributed by atoms with Gasteiger partial charge in [-0.1, -0.05) is 12.1 Å². The molecule has 2 rings (SSSR count). The van der Waals surface area contributed by atoms with E-state index in [9.17, 15) is 9.59 Å². The van der Waals surface area contributed by atoms with Gasteiger partial charge in [0.05, 0.1) is 20.8 Å². The van der Waals surface area contributed by atoms with Gasteiger partial charge >= 0.3 is 0 Å². The van der Waals surface area contributed by atoms with Crippen molar-refractivity contribution >= 4 is 17.5 Å². The normalized spacial score (nSPS) is 9.83. The molecule has 0 heterocycles. The summed E-state index contributed by atoms with van der Waals surface area (Å²) in [4.78, 5) is 23.9. The maximum Gasteiger partial charge on any atom is 0.251 e. The van der Waals surface area contributed by atoms with Crippen molar-refractivity contribution in [2.75, 3.05) is 26.1 Å². The number of benzene rings is 2. The van der Waals surface area contributed by atoms with E-state index in [1.54, 1.807) is 55.6 Å². The van der Waals surface area contributed by atoms with Crippen LogP contribution in [0, 0.1) is 0 Å². The summed E-state index contributed by atoms with van der Waals surface area (Å²) in [7, 11) is 3.08. The number of hydrogen-bond acceptors (Lipinski definition) is 4.